The maximum Gasteiger partial charge on any atom is 0.337 e. The second-order valence-electron chi connectivity index (χ2n) is 4.88. The van der Waals surface area contributed by atoms with Gasteiger partial charge in [-0.25, -0.2) is 9.59 Å². The van der Waals surface area contributed by atoms with Crippen LogP contribution in [0.4, 0.5) is 10.5 Å². The molecule has 0 saturated heterocycles. The Hall–Kier alpha value is -2.57. The van der Waals surface area contributed by atoms with Crippen molar-refractivity contribution in [1.82, 2.24) is 10.6 Å². The van der Waals surface area contributed by atoms with Gasteiger partial charge in [0, 0.05) is 6.04 Å². The molecule has 0 unspecified atom stereocenters. The highest BCUT2D eigenvalue weighted by Crippen LogP contribution is 2.17. The summed E-state index contributed by atoms with van der Waals surface area (Å²) >= 11 is 0. The highest BCUT2D eigenvalue weighted by Gasteiger charge is 2.13. The lowest BCUT2D eigenvalue weighted by atomic mass is 10.1. The topological polar surface area (TPSA) is 108 Å². The molecule has 0 fully saturated rings. The molecular formula is C14H19N3O4. The summed E-state index contributed by atoms with van der Waals surface area (Å²) in [5, 5.41) is 16.5. The highest BCUT2D eigenvalue weighted by atomic mass is 16.4. The highest BCUT2D eigenvalue weighted by molar-refractivity contribution is 6.00. The van der Waals surface area contributed by atoms with Crippen LogP contribution in [0.5, 0.6) is 0 Å². The number of nitrogens with one attached hydrogen (secondary N) is 3. The Labute approximate surface area is 122 Å². The second kappa shape index (κ2) is 7.28. The van der Waals surface area contributed by atoms with Gasteiger partial charge in [-0.15, -0.1) is 0 Å². The summed E-state index contributed by atoms with van der Waals surface area (Å²) in [7, 11) is 0. The van der Waals surface area contributed by atoms with E-state index in [0.717, 1.165) is 5.56 Å². The fourth-order valence-electron chi connectivity index (χ4n) is 1.64. The maximum atomic E-state index is 11.7. The van der Waals surface area contributed by atoms with Gasteiger partial charge in [0.2, 0.25) is 5.91 Å². The molecule has 21 heavy (non-hydrogen) atoms. The number of carbonyl (C=O) groups is 3. The molecule has 0 aliphatic carbocycles. The summed E-state index contributed by atoms with van der Waals surface area (Å²) < 4.78 is 0. The predicted octanol–water partition coefficient (Wildman–Crippen LogP) is 1.34. The number of benzene rings is 1. The first-order valence-corrected chi connectivity index (χ1v) is 6.47. The molecule has 3 amide bonds. The van der Waals surface area contributed by atoms with Gasteiger partial charge in [-0.2, -0.15) is 0 Å². The molecule has 7 nitrogen and oxygen atoms in total. The van der Waals surface area contributed by atoms with E-state index in [-0.39, 0.29) is 29.7 Å². The molecular weight excluding hydrogens is 274 g/mol. The average Bonchev–Trinajstić information content (AvgIpc) is 2.37. The molecule has 0 aliphatic heterocycles. The molecule has 1 aromatic rings. The van der Waals surface area contributed by atoms with E-state index in [1.807, 2.05) is 13.8 Å². The molecule has 0 heterocycles. The van der Waals surface area contributed by atoms with Crippen molar-refractivity contribution in [2.75, 3.05) is 11.9 Å². The smallest absolute Gasteiger partial charge is 0.337 e. The van der Waals surface area contributed by atoms with Crippen LogP contribution < -0.4 is 16.0 Å². The molecule has 4 N–H and O–H groups in total. The molecule has 1 rings (SSSR count). The zero-order valence-corrected chi connectivity index (χ0v) is 12.2. The number of anilines is 1. The van der Waals surface area contributed by atoms with E-state index in [9.17, 15) is 14.4 Å². The van der Waals surface area contributed by atoms with Crippen molar-refractivity contribution in [1.29, 1.82) is 0 Å². The van der Waals surface area contributed by atoms with Crippen molar-refractivity contribution >= 4 is 23.6 Å². The summed E-state index contributed by atoms with van der Waals surface area (Å²) in [5.41, 5.74) is 0.946. The lowest BCUT2D eigenvalue weighted by Crippen LogP contribution is -2.41. The third kappa shape index (κ3) is 5.52. The van der Waals surface area contributed by atoms with Crippen LogP contribution in [-0.4, -0.2) is 35.6 Å². The van der Waals surface area contributed by atoms with E-state index >= 15 is 0 Å². The predicted molar refractivity (Wildman–Crippen MR) is 78.4 cm³/mol. The summed E-state index contributed by atoms with van der Waals surface area (Å²) in [5.74, 6) is -1.45. The van der Waals surface area contributed by atoms with Gasteiger partial charge in [-0.05, 0) is 32.9 Å². The van der Waals surface area contributed by atoms with Crippen LogP contribution in [0.3, 0.4) is 0 Å². The number of aromatic carboxylic acids is 1. The van der Waals surface area contributed by atoms with Crippen LogP contribution in [0.25, 0.3) is 0 Å². The normalized spacial score (nSPS) is 10.1. The minimum Gasteiger partial charge on any atom is -0.478 e. The van der Waals surface area contributed by atoms with Gasteiger partial charge in [0.15, 0.2) is 0 Å². The molecule has 0 atom stereocenters. The Kier molecular flexibility index (Phi) is 5.71. The molecule has 0 saturated carbocycles. The van der Waals surface area contributed by atoms with Crippen LogP contribution in [0, 0.1) is 6.92 Å². The molecule has 0 spiro atoms. The molecule has 7 heteroatoms. The van der Waals surface area contributed by atoms with Crippen LogP contribution in [0.15, 0.2) is 18.2 Å². The Balaban J connectivity index is 2.63. The third-order valence-corrected chi connectivity index (χ3v) is 2.51. The van der Waals surface area contributed by atoms with E-state index in [2.05, 4.69) is 16.0 Å². The number of carboxylic acid groups (broad SMARTS) is 1. The zero-order chi connectivity index (χ0) is 16.0. The van der Waals surface area contributed by atoms with Crippen molar-refractivity contribution in [2.45, 2.75) is 26.8 Å². The van der Waals surface area contributed by atoms with Crippen LogP contribution in [-0.2, 0) is 4.79 Å². The number of carbonyl (C=O) groups excluding carboxylic acids is 2. The molecule has 0 bridgehead atoms. The molecule has 0 aromatic heterocycles. The van der Waals surface area contributed by atoms with Gasteiger partial charge < -0.3 is 21.1 Å². The number of amides is 3. The fraction of sp³-hybridized carbons (Fsp3) is 0.357. The van der Waals surface area contributed by atoms with E-state index in [0.29, 0.717) is 0 Å². The van der Waals surface area contributed by atoms with Crippen molar-refractivity contribution in [3.05, 3.63) is 29.3 Å². The molecule has 114 valence electrons. The maximum absolute atomic E-state index is 11.7. The van der Waals surface area contributed by atoms with Crippen molar-refractivity contribution in [3.8, 4) is 0 Å². The number of urea groups is 1. The van der Waals surface area contributed by atoms with Crippen molar-refractivity contribution < 1.29 is 19.5 Å². The molecule has 1 aromatic carbocycles. The first kappa shape index (κ1) is 16.5. The summed E-state index contributed by atoms with van der Waals surface area (Å²) in [6, 6.07) is 4.00. The Morgan fingerprint density at radius 2 is 1.90 bits per heavy atom. The van der Waals surface area contributed by atoms with Crippen LogP contribution in [0.2, 0.25) is 0 Å². The zero-order valence-electron chi connectivity index (χ0n) is 12.2. The number of hydrogen-bond acceptors (Lipinski definition) is 3. The average molecular weight is 293 g/mol. The number of carboxylic acids is 1. The quantitative estimate of drug-likeness (QED) is 0.657. The minimum atomic E-state index is -1.13. The molecule has 0 aliphatic rings. The Bertz CT molecular complexity index is 555. The second-order valence-corrected chi connectivity index (χ2v) is 4.88. The SMILES string of the molecule is Cc1ccc(NC(=O)NCC(=O)NC(C)C)c(C(=O)O)c1. The monoisotopic (exact) mass is 293 g/mol. The number of hydrogen-bond donors (Lipinski definition) is 4. The van der Waals surface area contributed by atoms with E-state index < -0.39 is 12.0 Å². The lowest BCUT2D eigenvalue weighted by Gasteiger charge is -2.11. The van der Waals surface area contributed by atoms with Crippen LogP contribution in [0.1, 0.15) is 29.8 Å². The molecule has 0 radical (unpaired) electrons. The third-order valence-electron chi connectivity index (χ3n) is 2.51. The van der Waals surface area contributed by atoms with Gasteiger partial charge >= 0.3 is 12.0 Å². The summed E-state index contributed by atoms with van der Waals surface area (Å²) in [4.78, 5) is 34.2. The Morgan fingerprint density at radius 1 is 1.24 bits per heavy atom. The van der Waals surface area contributed by atoms with Gasteiger partial charge in [-0.3, -0.25) is 4.79 Å². The van der Waals surface area contributed by atoms with Gasteiger partial charge in [-0.1, -0.05) is 11.6 Å². The largest absolute Gasteiger partial charge is 0.478 e. The van der Waals surface area contributed by atoms with E-state index in [4.69, 9.17) is 5.11 Å². The van der Waals surface area contributed by atoms with E-state index in [1.54, 1.807) is 13.0 Å². The van der Waals surface area contributed by atoms with E-state index in [1.165, 1.54) is 12.1 Å². The summed E-state index contributed by atoms with van der Waals surface area (Å²) in [6.45, 7) is 5.19. The number of rotatable bonds is 5. The van der Waals surface area contributed by atoms with Gasteiger partial charge in [0.25, 0.3) is 0 Å². The van der Waals surface area contributed by atoms with Crippen molar-refractivity contribution in [2.24, 2.45) is 0 Å². The minimum absolute atomic E-state index is 0.00298. The number of aryl methyl sites for hydroxylation is 1. The first-order chi connectivity index (χ1) is 9.79. The van der Waals surface area contributed by atoms with Crippen molar-refractivity contribution in [3.63, 3.8) is 0 Å². The fourth-order valence-corrected chi connectivity index (χ4v) is 1.64. The lowest BCUT2D eigenvalue weighted by molar-refractivity contribution is -0.120. The summed E-state index contributed by atoms with van der Waals surface area (Å²) in [6.07, 6.45) is 0. The Morgan fingerprint density at radius 3 is 2.48 bits per heavy atom. The van der Waals surface area contributed by atoms with Crippen LogP contribution >= 0.6 is 0 Å². The first-order valence-electron chi connectivity index (χ1n) is 6.47. The standard InChI is InChI=1S/C14H19N3O4/c1-8(2)16-12(18)7-15-14(21)17-11-5-4-9(3)6-10(11)13(19)20/h4-6,8H,7H2,1-3H3,(H,16,18)(H,19,20)(H2,15,17,21). The van der Waals surface area contributed by atoms with Gasteiger partial charge in [0.1, 0.15) is 0 Å². The van der Waals surface area contributed by atoms with Gasteiger partial charge in [0.05, 0.1) is 17.8 Å².